The molecule has 1 aliphatic rings. The Bertz CT molecular complexity index is 231. The number of carboxylic acids is 1. The molecule has 0 aromatic carbocycles. The van der Waals surface area contributed by atoms with Gasteiger partial charge >= 0.3 is 5.97 Å². The smallest absolute Gasteiger partial charge is 0.304 e. The van der Waals surface area contributed by atoms with Gasteiger partial charge in [-0.3, -0.25) is 4.79 Å². The molecule has 3 nitrogen and oxygen atoms in total. The van der Waals surface area contributed by atoms with Crippen LogP contribution >= 0.6 is 11.8 Å². The highest BCUT2D eigenvalue weighted by Crippen LogP contribution is 2.35. The van der Waals surface area contributed by atoms with Crippen molar-refractivity contribution < 1.29 is 9.90 Å². The van der Waals surface area contributed by atoms with Crippen molar-refractivity contribution in [2.45, 2.75) is 32.7 Å². The first-order valence-corrected chi connectivity index (χ1v) is 6.56. The van der Waals surface area contributed by atoms with Crippen LogP contribution in [0.2, 0.25) is 0 Å². The van der Waals surface area contributed by atoms with Gasteiger partial charge in [0, 0.05) is 18.3 Å². The van der Waals surface area contributed by atoms with Crippen molar-refractivity contribution in [3.63, 3.8) is 0 Å². The molecule has 88 valence electrons. The summed E-state index contributed by atoms with van der Waals surface area (Å²) >= 11 is 1.98. The molecule has 1 N–H and O–H groups in total. The third kappa shape index (κ3) is 4.43. The molecular weight excluding hydrogens is 210 g/mol. The van der Waals surface area contributed by atoms with Crippen molar-refractivity contribution in [3.05, 3.63) is 0 Å². The zero-order valence-electron chi connectivity index (χ0n) is 9.82. The minimum atomic E-state index is -0.704. The van der Waals surface area contributed by atoms with Crippen LogP contribution in [0.1, 0.15) is 26.7 Å². The summed E-state index contributed by atoms with van der Waals surface area (Å²) in [6, 6.07) is 0.540. The van der Waals surface area contributed by atoms with E-state index in [1.165, 1.54) is 12.2 Å². The maximum absolute atomic E-state index is 10.5. The summed E-state index contributed by atoms with van der Waals surface area (Å²) in [6.07, 6.45) is 1.42. The molecule has 0 radical (unpaired) electrons. The number of carbonyl (C=O) groups is 1. The van der Waals surface area contributed by atoms with Crippen LogP contribution in [0, 0.1) is 5.41 Å². The van der Waals surface area contributed by atoms with Gasteiger partial charge in [-0.1, -0.05) is 13.8 Å². The minimum absolute atomic E-state index is 0.248. The van der Waals surface area contributed by atoms with Gasteiger partial charge in [0.2, 0.25) is 0 Å². The second-order valence-corrected chi connectivity index (χ2v) is 6.19. The molecule has 15 heavy (non-hydrogen) atoms. The Morgan fingerprint density at radius 1 is 1.60 bits per heavy atom. The van der Waals surface area contributed by atoms with Crippen molar-refractivity contribution in [1.29, 1.82) is 0 Å². The summed E-state index contributed by atoms with van der Waals surface area (Å²) in [5, 5.41) is 8.63. The number of nitrogens with zero attached hydrogens (tertiary/aromatic N) is 1. The Morgan fingerprint density at radius 3 is 2.80 bits per heavy atom. The van der Waals surface area contributed by atoms with Crippen LogP contribution in [0.3, 0.4) is 0 Å². The van der Waals surface area contributed by atoms with Gasteiger partial charge in [-0.2, -0.15) is 11.8 Å². The molecule has 0 bridgehead atoms. The van der Waals surface area contributed by atoms with Gasteiger partial charge in [-0.05, 0) is 24.6 Å². The van der Waals surface area contributed by atoms with Crippen LogP contribution in [-0.4, -0.2) is 47.1 Å². The third-order valence-corrected chi connectivity index (χ3v) is 4.50. The first-order valence-electron chi connectivity index (χ1n) is 5.40. The highest BCUT2D eigenvalue weighted by atomic mass is 32.2. The van der Waals surface area contributed by atoms with Gasteiger partial charge in [-0.15, -0.1) is 0 Å². The van der Waals surface area contributed by atoms with Gasteiger partial charge in [0.1, 0.15) is 0 Å². The Labute approximate surface area is 96.2 Å². The molecule has 1 rings (SSSR count). The monoisotopic (exact) mass is 231 g/mol. The lowest BCUT2D eigenvalue weighted by atomic mass is 9.87. The van der Waals surface area contributed by atoms with Crippen molar-refractivity contribution in [2.24, 2.45) is 5.41 Å². The molecule has 0 saturated carbocycles. The SMILES string of the molecule is CN(CCC(=O)O)C1CSCC(C)(C)C1. The summed E-state index contributed by atoms with van der Waals surface area (Å²) in [6.45, 7) is 5.24. The average Bonchev–Trinajstić information content (AvgIpc) is 2.12. The number of carboxylic acid groups (broad SMARTS) is 1. The standard InChI is InChI=1S/C11H21NO2S/c1-11(2)6-9(7-15-8-11)12(3)5-4-10(13)14/h9H,4-8H2,1-3H3,(H,13,14). The molecule has 0 aromatic rings. The van der Waals surface area contributed by atoms with Crippen molar-refractivity contribution in [2.75, 3.05) is 25.1 Å². The fraction of sp³-hybridized carbons (Fsp3) is 0.909. The topological polar surface area (TPSA) is 40.5 Å². The van der Waals surface area contributed by atoms with Crippen LogP contribution in [0.25, 0.3) is 0 Å². The summed E-state index contributed by atoms with van der Waals surface area (Å²) in [5.74, 6) is 1.65. The van der Waals surface area contributed by atoms with E-state index in [1.54, 1.807) is 0 Å². The Hall–Kier alpha value is -0.220. The van der Waals surface area contributed by atoms with Gasteiger partial charge < -0.3 is 10.0 Å². The number of hydrogen-bond donors (Lipinski definition) is 1. The molecule has 0 amide bonds. The molecule has 1 heterocycles. The summed E-state index contributed by atoms with van der Waals surface area (Å²) < 4.78 is 0. The summed E-state index contributed by atoms with van der Waals surface area (Å²) in [4.78, 5) is 12.7. The summed E-state index contributed by atoms with van der Waals surface area (Å²) in [7, 11) is 2.04. The summed E-state index contributed by atoms with van der Waals surface area (Å²) in [5.41, 5.74) is 0.394. The predicted molar refractivity (Wildman–Crippen MR) is 64.4 cm³/mol. The second-order valence-electron chi connectivity index (χ2n) is 5.16. The molecule has 1 atom stereocenters. The molecule has 1 unspecified atom stereocenters. The lowest BCUT2D eigenvalue weighted by Crippen LogP contribution is -2.42. The highest BCUT2D eigenvalue weighted by molar-refractivity contribution is 7.99. The Morgan fingerprint density at radius 2 is 2.27 bits per heavy atom. The molecular formula is C11H21NO2S. The normalized spacial score (nSPS) is 25.5. The molecule has 1 fully saturated rings. The first kappa shape index (κ1) is 12.8. The molecule has 1 aliphatic heterocycles. The van der Waals surface area contributed by atoms with Gasteiger partial charge in [-0.25, -0.2) is 0 Å². The molecule has 4 heteroatoms. The van der Waals surface area contributed by atoms with Crippen LogP contribution in [0.4, 0.5) is 0 Å². The van der Waals surface area contributed by atoms with Crippen molar-refractivity contribution >= 4 is 17.7 Å². The predicted octanol–water partition coefficient (Wildman–Crippen LogP) is 1.92. The zero-order valence-corrected chi connectivity index (χ0v) is 10.6. The highest BCUT2D eigenvalue weighted by Gasteiger charge is 2.30. The van der Waals surface area contributed by atoms with Gasteiger partial charge in [0.25, 0.3) is 0 Å². The van der Waals surface area contributed by atoms with Crippen LogP contribution in [0.5, 0.6) is 0 Å². The van der Waals surface area contributed by atoms with E-state index in [1.807, 2.05) is 18.8 Å². The van der Waals surface area contributed by atoms with E-state index in [0.29, 0.717) is 18.0 Å². The van der Waals surface area contributed by atoms with Crippen LogP contribution in [-0.2, 0) is 4.79 Å². The molecule has 0 aromatic heterocycles. The zero-order chi connectivity index (χ0) is 11.5. The first-order chi connectivity index (χ1) is 6.91. The van der Waals surface area contributed by atoms with Crippen LogP contribution in [0.15, 0.2) is 0 Å². The van der Waals surface area contributed by atoms with Gasteiger partial charge in [0.05, 0.1) is 6.42 Å². The third-order valence-electron chi connectivity index (χ3n) is 2.89. The lowest BCUT2D eigenvalue weighted by molar-refractivity contribution is -0.137. The van der Waals surface area contributed by atoms with E-state index < -0.39 is 5.97 Å². The van der Waals surface area contributed by atoms with Crippen LogP contribution < -0.4 is 0 Å². The minimum Gasteiger partial charge on any atom is -0.481 e. The average molecular weight is 231 g/mol. The van der Waals surface area contributed by atoms with Gasteiger partial charge in [0.15, 0.2) is 0 Å². The largest absolute Gasteiger partial charge is 0.481 e. The van der Waals surface area contributed by atoms with E-state index in [4.69, 9.17) is 5.11 Å². The molecule has 0 aliphatic carbocycles. The van der Waals surface area contributed by atoms with Crippen molar-refractivity contribution in [3.8, 4) is 0 Å². The maximum Gasteiger partial charge on any atom is 0.304 e. The number of thioether (sulfide) groups is 1. The molecule has 1 saturated heterocycles. The van der Waals surface area contributed by atoms with E-state index >= 15 is 0 Å². The van der Waals surface area contributed by atoms with Crippen molar-refractivity contribution in [1.82, 2.24) is 4.90 Å². The number of rotatable bonds is 4. The maximum atomic E-state index is 10.5. The number of hydrogen-bond acceptors (Lipinski definition) is 3. The number of aliphatic carboxylic acids is 1. The Balaban J connectivity index is 2.38. The quantitative estimate of drug-likeness (QED) is 0.802. The van der Waals surface area contributed by atoms with E-state index in [-0.39, 0.29) is 6.42 Å². The lowest BCUT2D eigenvalue weighted by Gasteiger charge is -2.39. The van der Waals surface area contributed by atoms with E-state index in [2.05, 4.69) is 18.7 Å². The van der Waals surface area contributed by atoms with E-state index in [9.17, 15) is 4.79 Å². The Kier molecular flexibility index (Phi) is 4.46. The fourth-order valence-electron chi connectivity index (χ4n) is 1.96. The second kappa shape index (κ2) is 5.21. The van der Waals surface area contributed by atoms with E-state index in [0.717, 1.165) is 5.75 Å². The fourth-order valence-corrected chi connectivity index (χ4v) is 3.40. The molecule has 0 spiro atoms.